The lowest BCUT2D eigenvalue weighted by molar-refractivity contribution is 0.102. The van der Waals surface area contributed by atoms with Crippen molar-refractivity contribution in [2.75, 3.05) is 5.32 Å². The zero-order valence-electron chi connectivity index (χ0n) is 11.9. The third-order valence-electron chi connectivity index (χ3n) is 2.85. The third kappa shape index (κ3) is 4.91. The van der Waals surface area contributed by atoms with Gasteiger partial charge in [0.25, 0.3) is 11.7 Å². The summed E-state index contributed by atoms with van der Waals surface area (Å²) in [5.41, 5.74) is 0.268. The fourth-order valence-electron chi connectivity index (χ4n) is 1.77. The predicted octanol–water partition coefficient (Wildman–Crippen LogP) is 3.55. The number of anilines is 1. The first-order chi connectivity index (χ1) is 11.2. The molecule has 0 fully saturated rings. The first kappa shape index (κ1) is 18.7. The van der Waals surface area contributed by atoms with E-state index in [0.717, 1.165) is 6.07 Å². The summed E-state index contributed by atoms with van der Waals surface area (Å²) >= 11 is 6.29. The molecule has 0 heterocycles. The van der Waals surface area contributed by atoms with E-state index in [9.17, 15) is 22.0 Å². The number of sulfonamides is 1. The van der Waals surface area contributed by atoms with E-state index in [1.54, 1.807) is 0 Å². The Morgan fingerprint density at radius 1 is 1.17 bits per heavy atom. The number of thioether (sulfide) groups is 1. The molecule has 0 saturated carbocycles. The number of carbonyl (C=O) groups is 1. The van der Waals surface area contributed by atoms with Gasteiger partial charge in [0.2, 0.25) is 10.0 Å². The number of nitrogens with one attached hydrogen (secondary N) is 1. The Morgan fingerprint density at radius 2 is 1.79 bits per heavy atom. The van der Waals surface area contributed by atoms with Gasteiger partial charge in [0, 0.05) is 10.6 Å². The molecule has 0 aliphatic rings. The van der Waals surface area contributed by atoms with Crippen molar-refractivity contribution in [1.82, 2.24) is 0 Å². The molecule has 24 heavy (non-hydrogen) atoms. The highest BCUT2D eigenvalue weighted by Gasteiger charge is 2.16. The van der Waals surface area contributed by atoms with Gasteiger partial charge in [-0.05, 0) is 42.5 Å². The number of benzene rings is 2. The molecule has 0 unspecified atom stereocenters. The molecule has 5 nitrogen and oxygen atoms in total. The molecule has 128 valence electrons. The van der Waals surface area contributed by atoms with E-state index < -0.39 is 21.7 Å². The van der Waals surface area contributed by atoms with Gasteiger partial charge < -0.3 is 5.32 Å². The number of nitrogens with two attached hydrogens (primary N) is 1. The molecule has 0 radical (unpaired) electrons. The van der Waals surface area contributed by atoms with Crippen LogP contribution in [-0.2, 0) is 10.0 Å². The van der Waals surface area contributed by atoms with E-state index >= 15 is 0 Å². The first-order valence-corrected chi connectivity index (χ1v) is 9.16. The lowest BCUT2D eigenvalue weighted by atomic mass is 10.2. The fraction of sp³-hybridized carbons (Fsp3) is 0.0714. The van der Waals surface area contributed by atoms with Crippen molar-refractivity contribution in [2.24, 2.45) is 5.14 Å². The van der Waals surface area contributed by atoms with Crippen molar-refractivity contribution in [1.29, 1.82) is 0 Å². The number of carbonyl (C=O) groups excluding carboxylic acids is 1. The number of primary sulfonamides is 1. The van der Waals surface area contributed by atoms with Crippen LogP contribution < -0.4 is 10.5 Å². The summed E-state index contributed by atoms with van der Waals surface area (Å²) < 4.78 is 47.2. The fourth-order valence-corrected chi connectivity index (χ4v) is 3.02. The van der Waals surface area contributed by atoms with Crippen LogP contribution in [0.4, 0.5) is 14.5 Å². The SMILES string of the molecule is NS(=O)(=O)c1ccc(Cl)c(C(=O)Nc2ccc(SC(F)F)cc2)c1. The third-order valence-corrected chi connectivity index (χ3v) is 4.81. The zero-order valence-corrected chi connectivity index (χ0v) is 14.3. The van der Waals surface area contributed by atoms with E-state index in [0.29, 0.717) is 22.3 Å². The smallest absolute Gasteiger partial charge is 0.288 e. The van der Waals surface area contributed by atoms with Crippen LogP contribution in [0.2, 0.25) is 5.02 Å². The highest BCUT2D eigenvalue weighted by atomic mass is 35.5. The summed E-state index contributed by atoms with van der Waals surface area (Å²) in [6.07, 6.45) is 0. The average molecular weight is 393 g/mol. The van der Waals surface area contributed by atoms with Crippen molar-refractivity contribution in [2.45, 2.75) is 15.5 Å². The van der Waals surface area contributed by atoms with Crippen LogP contribution in [0.1, 0.15) is 10.4 Å². The Bertz CT molecular complexity index is 859. The topological polar surface area (TPSA) is 89.3 Å². The van der Waals surface area contributed by atoms with Crippen molar-refractivity contribution < 1.29 is 22.0 Å². The first-order valence-electron chi connectivity index (χ1n) is 6.35. The molecule has 1 amide bonds. The standard InChI is InChI=1S/C14H11ClF2N2O3S2/c15-12-6-5-10(24(18,21)22)7-11(12)13(20)19-8-1-3-9(4-2-8)23-14(16)17/h1-7,14H,(H,19,20)(H2,18,21,22). The molecular formula is C14H11ClF2N2O3S2. The number of hydrogen-bond acceptors (Lipinski definition) is 4. The Kier molecular flexibility index (Phi) is 5.81. The van der Waals surface area contributed by atoms with Gasteiger partial charge in [-0.2, -0.15) is 8.78 Å². The number of alkyl halides is 2. The number of amides is 1. The Morgan fingerprint density at radius 3 is 2.33 bits per heavy atom. The van der Waals surface area contributed by atoms with Gasteiger partial charge in [0.05, 0.1) is 15.5 Å². The molecule has 0 aromatic heterocycles. The van der Waals surface area contributed by atoms with E-state index in [1.807, 2.05) is 0 Å². The van der Waals surface area contributed by atoms with Crippen LogP contribution in [0.25, 0.3) is 0 Å². The number of rotatable bonds is 5. The van der Waals surface area contributed by atoms with Gasteiger partial charge in [0.1, 0.15) is 0 Å². The Labute approximate surface area is 146 Å². The van der Waals surface area contributed by atoms with Crippen LogP contribution in [0.3, 0.4) is 0 Å². The minimum Gasteiger partial charge on any atom is -0.322 e. The summed E-state index contributed by atoms with van der Waals surface area (Å²) in [4.78, 5) is 12.3. The normalized spacial score (nSPS) is 11.5. The lowest BCUT2D eigenvalue weighted by Crippen LogP contribution is -2.16. The van der Waals surface area contributed by atoms with E-state index in [-0.39, 0.29) is 15.5 Å². The molecule has 2 rings (SSSR count). The summed E-state index contributed by atoms with van der Waals surface area (Å²) in [6.45, 7) is 0. The quantitative estimate of drug-likeness (QED) is 0.761. The summed E-state index contributed by atoms with van der Waals surface area (Å²) in [5, 5.41) is 7.57. The maximum Gasteiger partial charge on any atom is 0.288 e. The second-order valence-electron chi connectivity index (χ2n) is 4.54. The highest BCUT2D eigenvalue weighted by Crippen LogP contribution is 2.27. The van der Waals surface area contributed by atoms with E-state index in [1.165, 1.54) is 36.4 Å². The van der Waals surface area contributed by atoms with Gasteiger partial charge in [-0.1, -0.05) is 23.4 Å². The molecule has 2 aromatic rings. The molecule has 10 heteroatoms. The largest absolute Gasteiger partial charge is 0.322 e. The lowest BCUT2D eigenvalue weighted by Gasteiger charge is -2.09. The molecule has 2 aromatic carbocycles. The molecule has 0 bridgehead atoms. The number of hydrogen-bond donors (Lipinski definition) is 2. The zero-order chi connectivity index (χ0) is 17.9. The Balaban J connectivity index is 2.21. The monoisotopic (exact) mass is 392 g/mol. The van der Waals surface area contributed by atoms with Crippen LogP contribution in [0.15, 0.2) is 52.3 Å². The minimum absolute atomic E-state index is 0.0461. The van der Waals surface area contributed by atoms with Crippen molar-refractivity contribution in [3.63, 3.8) is 0 Å². The molecule has 0 atom stereocenters. The molecule has 0 aliphatic heterocycles. The molecule has 3 N–H and O–H groups in total. The van der Waals surface area contributed by atoms with Gasteiger partial charge >= 0.3 is 0 Å². The highest BCUT2D eigenvalue weighted by molar-refractivity contribution is 7.99. The van der Waals surface area contributed by atoms with Crippen LogP contribution in [0, 0.1) is 0 Å². The summed E-state index contributed by atoms with van der Waals surface area (Å²) in [6, 6.07) is 9.24. The van der Waals surface area contributed by atoms with Crippen LogP contribution in [-0.4, -0.2) is 20.1 Å². The summed E-state index contributed by atoms with van der Waals surface area (Å²) in [5.74, 6) is -3.19. The van der Waals surface area contributed by atoms with Gasteiger partial charge in [-0.3, -0.25) is 4.79 Å². The second-order valence-corrected chi connectivity index (χ2v) is 7.58. The van der Waals surface area contributed by atoms with Gasteiger partial charge in [0.15, 0.2) is 0 Å². The molecular weight excluding hydrogens is 382 g/mol. The van der Waals surface area contributed by atoms with E-state index in [2.05, 4.69) is 5.32 Å². The predicted molar refractivity (Wildman–Crippen MR) is 89.1 cm³/mol. The van der Waals surface area contributed by atoms with Crippen molar-refractivity contribution in [3.8, 4) is 0 Å². The van der Waals surface area contributed by atoms with Crippen molar-refractivity contribution in [3.05, 3.63) is 53.1 Å². The van der Waals surface area contributed by atoms with Gasteiger partial charge in [-0.25, -0.2) is 13.6 Å². The van der Waals surface area contributed by atoms with Gasteiger partial charge in [-0.15, -0.1) is 0 Å². The number of halogens is 3. The molecule has 0 saturated heterocycles. The van der Waals surface area contributed by atoms with Crippen molar-refractivity contribution >= 4 is 45.0 Å². The Hall–Kier alpha value is -1.68. The molecule has 0 aliphatic carbocycles. The minimum atomic E-state index is -3.98. The molecule has 0 spiro atoms. The maximum absolute atomic E-state index is 12.3. The summed E-state index contributed by atoms with van der Waals surface area (Å²) in [7, 11) is -3.98. The van der Waals surface area contributed by atoms with Crippen LogP contribution >= 0.6 is 23.4 Å². The second kappa shape index (κ2) is 7.47. The average Bonchev–Trinajstić information content (AvgIpc) is 2.48. The maximum atomic E-state index is 12.3. The van der Waals surface area contributed by atoms with Crippen LogP contribution in [0.5, 0.6) is 0 Å². The van der Waals surface area contributed by atoms with E-state index in [4.69, 9.17) is 16.7 Å².